The Morgan fingerprint density at radius 1 is 1.48 bits per heavy atom. The van der Waals surface area contributed by atoms with Crippen LogP contribution < -0.4 is 11.1 Å². The predicted molar refractivity (Wildman–Crippen MR) is 108 cm³/mol. The maximum Gasteiger partial charge on any atom is 0.273 e. The molecule has 0 spiro atoms. The van der Waals surface area contributed by atoms with Gasteiger partial charge in [0, 0.05) is 36.5 Å². The molecule has 1 aromatic heterocycles. The van der Waals surface area contributed by atoms with E-state index < -0.39 is 5.60 Å². The highest BCUT2D eigenvalue weighted by molar-refractivity contribution is 7.13. The van der Waals surface area contributed by atoms with E-state index in [1.807, 2.05) is 26.0 Å². The van der Waals surface area contributed by atoms with Gasteiger partial charge in [-0.25, -0.2) is 10.1 Å². The second-order valence-electron chi connectivity index (χ2n) is 7.06. The number of fused-ring (bicyclic) bond motifs is 1. The number of aryl methyl sites for hydroxylation is 1. The summed E-state index contributed by atoms with van der Waals surface area (Å²) in [6, 6.07) is 2.01. The number of carbonyl (C=O) groups excluding carboxylic acids is 1. The molecule has 8 heteroatoms. The van der Waals surface area contributed by atoms with Crippen LogP contribution in [0.4, 0.5) is 5.69 Å². The standard InChI is InChI=1S/C19H28N4O3S/c1-3-7-23(26-4-2)18(24)13-8-16-15(22-17(20)9-13)10-14(27-16)5-6-19(25)11-21-12-19/h8,10,21,25H,3-7,9,11-12H2,1-2H3,(H2,20,22). The Kier molecular flexibility index (Phi) is 6.31. The maximum absolute atomic E-state index is 12.9. The third-order valence-corrected chi connectivity index (χ3v) is 5.82. The molecule has 1 amide bonds. The minimum Gasteiger partial charge on any atom is -0.387 e. The van der Waals surface area contributed by atoms with Crippen molar-refractivity contribution in [3.05, 3.63) is 21.4 Å². The topological polar surface area (TPSA) is 100 Å². The van der Waals surface area contributed by atoms with E-state index >= 15 is 0 Å². The Morgan fingerprint density at radius 3 is 2.89 bits per heavy atom. The zero-order chi connectivity index (χ0) is 19.4. The number of hydroxylamine groups is 2. The van der Waals surface area contributed by atoms with Crippen LogP contribution in [0.3, 0.4) is 0 Å². The van der Waals surface area contributed by atoms with E-state index in [-0.39, 0.29) is 5.91 Å². The number of carbonyl (C=O) groups is 1. The fourth-order valence-electron chi connectivity index (χ4n) is 3.19. The number of hydrogen-bond donors (Lipinski definition) is 3. The molecule has 3 heterocycles. The first-order chi connectivity index (χ1) is 12.9. The summed E-state index contributed by atoms with van der Waals surface area (Å²) in [6.07, 6.45) is 4.51. The van der Waals surface area contributed by atoms with Gasteiger partial charge in [-0.2, -0.15) is 0 Å². The number of aliphatic imine (C=N–C) groups is 1. The quantitative estimate of drug-likeness (QED) is 0.588. The van der Waals surface area contributed by atoms with Crippen LogP contribution in [0.2, 0.25) is 0 Å². The van der Waals surface area contributed by atoms with Crippen molar-refractivity contribution in [3.8, 4) is 0 Å². The smallest absolute Gasteiger partial charge is 0.273 e. The normalized spacial score (nSPS) is 18.0. The van der Waals surface area contributed by atoms with Gasteiger partial charge in [0.2, 0.25) is 0 Å². The van der Waals surface area contributed by atoms with Gasteiger partial charge in [-0.15, -0.1) is 11.3 Å². The Hall–Kier alpha value is -1.74. The number of thiophene rings is 1. The van der Waals surface area contributed by atoms with Crippen LogP contribution in [-0.4, -0.2) is 53.8 Å². The van der Waals surface area contributed by atoms with E-state index in [9.17, 15) is 9.90 Å². The highest BCUT2D eigenvalue weighted by Crippen LogP contribution is 2.36. The number of nitrogens with two attached hydrogens (primary N) is 1. The molecule has 3 rings (SSSR count). The molecule has 27 heavy (non-hydrogen) atoms. The lowest BCUT2D eigenvalue weighted by atomic mass is 9.91. The van der Waals surface area contributed by atoms with Gasteiger partial charge in [0.05, 0.1) is 22.8 Å². The van der Waals surface area contributed by atoms with Crippen LogP contribution in [0.25, 0.3) is 6.08 Å². The van der Waals surface area contributed by atoms with Crippen molar-refractivity contribution < 1.29 is 14.7 Å². The highest BCUT2D eigenvalue weighted by Gasteiger charge is 2.33. The number of aliphatic hydroxyl groups is 1. The summed E-state index contributed by atoms with van der Waals surface area (Å²) in [5.41, 5.74) is 6.85. The van der Waals surface area contributed by atoms with Crippen LogP contribution in [0.15, 0.2) is 16.6 Å². The summed E-state index contributed by atoms with van der Waals surface area (Å²) in [5, 5.41) is 14.8. The number of amidine groups is 1. The van der Waals surface area contributed by atoms with Crippen LogP contribution in [0.5, 0.6) is 0 Å². The molecule has 0 radical (unpaired) electrons. The molecule has 7 nitrogen and oxygen atoms in total. The Morgan fingerprint density at radius 2 is 2.26 bits per heavy atom. The molecule has 0 unspecified atom stereocenters. The molecule has 0 aliphatic carbocycles. The van der Waals surface area contributed by atoms with E-state index in [4.69, 9.17) is 10.6 Å². The highest BCUT2D eigenvalue weighted by atomic mass is 32.1. The lowest BCUT2D eigenvalue weighted by molar-refractivity contribution is -0.180. The molecule has 0 bridgehead atoms. The monoisotopic (exact) mass is 392 g/mol. The molecular formula is C19H28N4O3S. The zero-order valence-corrected chi connectivity index (χ0v) is 16.8. The van der Waals surface area contributed by atoms with E-state index in [0.717, 1.165) is 28.3 Å². The van der Waals surface area contributed by atoms with Crippen LogP contribution in [0.1, 0.15) is 42.9 Å². The molecular weight excluding hydrogens is 364 g/mol. The average Bonchev–Trinajstić information content (AvgIpc) is 2.90. The van der Waals surface area contributed by atoms with E-state index in [1.165, 1.54) is 5.06 Å². The molecule has 4 N–H and O–H groups in total. The summed E-state index contributed by atoms with van der Waals surface area (Å²) >= 11 is 1.60. The minimum atomic E-state index is -0.598. The zero-order valence-electron chi connectivity index (χ0n) is 16.0. The third-order valence-electron chi connectivity index (χ3n) is 4.69. The van der Waals surface area contributed by atoms with Crippen LogP contribution in [0, 0.1) is 0 Å². The first-order valence-corrected chi connectivity index (χ1v) is 10.3. The fourth-order valence-corrected chi connectivity index (χ4v) is 4.25. The lowest BCUT2D eigenvalue weighted by Gasteiger charge is -2.37. The SMILES string of the molecule is CCCN(OCC)C(=O)C1=Cc2sc(CCC3(O)CNC3)cc2N=C(N)C1. The molecule has 2 aliphatic heterocycles. The number of rotatable bonds is 8. The first kappa shape index (κ1) is 20.0. The Balaban J connectivity index is 1.79. The molecule has 1 saturated heterocycles. The van der Waals surface area contributed by atoms with Crippen molar-refractivity contribution in [2.45, 2.75) is 45.1 Å². The van der Waals surface area contributed by atoms with E-state index in [0.29, 0.717) is 50.5 Å². The molecule has 0 aromatic carbocycles. The summed E-state index contributed by atoms with van der Waals surface area (Å²) < 4.78 is 0. The van der Waals surface area contributed by atoms with Crippen molar-refractivity contribution in [1.82, 2.24) is 10.4 Å². The molecule has 1 aromatic rings. The van der Waals surface area contributed by atoms with Crippen molar-refractivity contribution >= 4 is 34.8 Å². The molecule has 0 saturated carbocycles. The van der Waals surface area contributed by atoms with Crippen molar-refractivity contribution in [2.75, 3.05) is 26.2 Å². The number of amides is 1. The molecule has 2 aliphatic rings. The van der Waals surface area contributed by atoms with Crippen molar-refractivity contribution in [2.24, 2.45) is 10.7 Å². The Labute approximate surface area is 163 Å². The van der Waals surface area contributed by atoms with Gasteiger partial charge in [-0.1, -0.05) is 6.92 Å². The lowest BCUT2D eigenvalue weighted by Crippen LogP contribution is -2.59. The molecule has 148 valence electrons. The number of hydrogen-bond acceptors (Lipinski definition) is 7. The fraction of sp³-hybridized carbons (Fsp3) is 0.579. The van der Waals surface area contributed by atoms with Crippen molar-refractivity contribution in [1.29, 1.82) is 0 Å². The maximum atomic E-state index is 12.9. The van der Waals surface area contributed by atoms with Crippen LogP contribution in [-0.2, 0) is 16.1 Å². The summed E-state index contributed by atoms with van der Waals surface area (Å²) in [4.78, 5) is 24.9. The van der Waals surface area contributed by atoms with Gasteiger partial charge >= 0.3 is 0 Å². The van der Waals surface area contributed by atoms with E-state index in [2.05, 4.69) is 10.3 Å². The molecule has 1 fully saturated rings. The summed E-state index contributed by atoms with van der Waals surface area (Å²) in [6.45, 7) is 6.14. The van der Waals surface area contributed by atoms with Gasteiger partial charge in [0.15, 0.2) is 0 Å². The predicted octanol–water partition coefficient (Wildman–Crippen LogP) is 1.98. The van der Waals surface area contributed by atoms with Gasteiger partial charge in [-0.05, 0) is 38.3 Å². The van der Waals surface area contributed by atoms with Crippen molar-refractivity contribution in [3.63, 3.8) is 0 Å². The van der Waals surface area contributed by atoms with Gasteiger partial charge in [-0.3, -0.25) is 9.63 Å². The van der Waals surface area contributed by atoms with Gasteiger partial charge in [0.1, 0.15) is 5.84 Å². The van der Waals surface area contributed by atoms with Gasteiger partial charge in [0.25, 0.3) is 5.91 Å². The van der Waals surface area contributed by atoms with Crippen LogP contribution >= 0.6 is 11.3 Å². The Bertz CT molecular complexity index is 746. The summed E-state index contributed by atoms with van der Waals surface area (Å²) in [5.74, 6) is 0.266. The second kappa shape index (κ2) is 8.52. The van der Waals surface area contributed by atoms with Gasteiger partial charge < -0.3 is 16.2 Å². The molecule has 0 atom stereocenters. The minimum absolute atomic E-state index is 0.158. The van der Waals surface area contributed by atoms with E-state index in [1.54, 1.807) is 11.3 Å². The number of nitrogens with one attached hydrogen (secondary N) is 1. The second-order valence-corrected chi connectivity index (χ2v) is 8.23. The number of nitrogens with zero attached hydrogens (tertiary/aromatic N) is 2. The number of β-amino-alcohol motifs (C(OH)–C–C–N with tert-alkyl or cyclic N) is 1. The first-order valence-electron chi connectivity index (χ1n) is 9.48. The third kappa shape index (κ3) is 4.76. The summed E-state index contributed by atoms with van der Waals surface area (Å²) in [7, 11) is 0. The largest absolute Gasteiger partial charge is 0.387 e. The average molecular weight is 393 g/mol.